The van der Waals surface area contributed by atoms with Gasteiger partial charge in [-0.3, -0.25) is 0 Å². The fourth-order valence-corrected chi connectivity index (χ4v) is 1.52. The molecule has 2 rings (SSSR count). The van der Waals surface area contributed by atoms with E-state index in [-0.39, 0.29) is 6.61 Å². The van der Waals surface area contributed by atoms with Crippen molar-refractivity contribution in [3.8, 4) is 0 Å². The standard InChI is InChI=1S/C11H14F2N4O/c1-8-3-2-4-10-15-11(16-17(8)10)14-5-6-18-7-9(12)13/h2-4,9H,5-7H2,1H3,(H,14,16). The van der Waals surface area contributed by atoms with Gasteiger partial charge in [0.2, 0.25) is 5.95 Å². The number of aryl methyl sites for hydroxylation is 1. The Hall–Kier alpha value is -1.76. The number of fused-ring (bicyclic) bond motifs is 1. The van der Waals surface area contributed by atoms with Crippen LogP contribution >= 0.6 is 0 Å². The van der Waals surface area contributed by atoms with E-state index in [0.29, 0.717) is 12.5 Å². The summed E-state index contributed by atoms with van der Waals surface area (Å²) in [5, 5.41) is 7.16. The number of anilines is 1. The molecule has 0 aliphatic carbocycles. The number of pyridine rings is 1. The second kappa shape index (κ2) is 5.72. The Kier molecular flexibility index (Phi) is 4.03. The minimum atomic E-state index is -2.43. The van der Waals surface area contributed by atoms with Crippen LogP contribution in [-0.4, -0.2) is 40.8 Å². The summed E-state index contributed by atoms with van der Waals surface area (Å²) in [5.41, 5.74) is 1.72. The van der Waals surface area contributed by atoms with Crippen LogP contribution in [0.3, 0.4) is 0 Å². The maximum Gasteiger partial charge on any atom is 0.261 e. The summed E-state index contributed by atoms with van der Waals surface area (Å²) in [4.78, 5) is 4.24. The lowest BCUT2D eigenvalue weighted by Gasteiger charge is -2.03. The van der Waals surface area contributed by atoms with Crippen LogP contribution < -0.4 is 5.32 Å². The third-order valence-corrected chi connectivity index (χ3v) is 2.32. The van der Waals surface area contributed by atoms with Crippen LogP contribution in [0.5, 0.6) is 0 Å². The number of nitrogens with one attached hydrogen (secondary N) is 1. The van der Waals surface area contributed by atoms with Crippen molar-refractivity contribution < 1.29 is 13.5 Å². The molecule has 0 saturated heterocycles. The highest BCUT2D eigenvalue weighted by Gasteiger charge is 2.04. The van der Waals surface area contributed by atoms with Gasteiger partial charge in [0.15, 0.2) is 5.65 Å². The van der Waals surface area contributed by atoms with Crippen LogP contribution in [0.1, 0.15) is 5.69 Å². The molecule has 7 heteroatoms. The van der Waals surface area contributed by atoms with Gasteiger partial charge in [0.25, 0.3) is 6.43 Å². The maximum atomic E-state index is 11.8. The molecule has 2 aromatic rings. The lowest BCUT2D eigenvalue weighted by atomic mass is 10.4. The second-order valence-electron chi connectivity index (χ2n) is 3.77. The summed E-state index contributed by atoms with van der Waals surface area (Å²) < 4.78 is 30.0. The van der Waals surface area contributed by atoms with Crippen LogP contribution in [-0.2, 0) is 4.74 Å². The van der Waals surface area contributed by atoms with E-state index < -0.39 is 13.0 Å². The molecular weight excluding hydrogens is 242 g/mol. The molecule has 2 heterocycles. The lowest BCUT2D eigenvalue weighted by Crippen LogP contribution is -2.13. The molecular formula is C11H14F2N4O. The van der Waals surface area contributed by atoms with Crippen molar-refractivity contribution in [1.29, 1.82) is 0 Å². The summed E-state index contributed by atoms with van der Waals surface area (Å²) in [6.45, 7) is 1.97. The van der Waals surface area contributed by atoms with Crippen molar-refractivity contribution >= 4 is 11.6 Å². The normalized spacial score (nSPS) is 11.3. The van der Waals surface area contributed by atoms with E-state index in [0.717, 1.165) is 11.3 Å². The van der Waals surface area contributed by atoms with E-state index >= 15 is 0 Å². The smallest absolute Gasteiger partial charge is 0.261 e. The average Bonchev–Trinajstić information content (AvgIpc) is 2.72. The van der Waals surface area contributed by atoms with E-state index in [1.165, 1.54) is 0 Å². The van der Waals surface area contributed by atoms with Crippen molar-refractivity contribution in [2.45, 2.75) is 13.3 Å². The number of hydrogen-bond donors (Lipinski definition) is 1. The summed E-state index contributed by atoms with van der Waals surface area (Å²) in [7, 11) is 0. The van der Waals surface area contributed by atoms with Gasteiger partial charge in [0.05, 0.1) is 6.61 Å². The molecule has 0 saturated carbocycles. The van der Waals surface area contributed by atoms with Crippen molar-refractivity contribution in [3.63, 3.8) is 0 Å². The van der Waals surface area contributed by atoms with Crippen LogP contribution in [0, 0.1) is 6.92 Å². The first-order chi connectivity index (χ1) is 8.66. The van der Waals surface area contributed by atoms with E-state index in [1.54, 1.807) is 4.52 Å². The van der Waals surface area contributed by atoms with Crippen LogP contribution in [0.15, 0.2) is 18.2 Å². The summed E-state index contributed by atoms with van der Waals surface area (Å²) in [6, 6.07) is 5.67. The Labute approximate surface area is 103 Å². The number of rotatable bonds is 6. The van der Waals surface area contributed by atoms with Gasteiger partial charge in [-0.25, -0.2) is 13.3 Å². The first-order valence-corrected chi connectivity index (χ1v) is 5.59. The molecule has 0 fully saturated rings. The van der Waals surface area contributed by atoms with E-state index in [9.17, 15) is 8.78 Å². The van der Waals surface area contributed by atoms with Gasteiger partial charge in [-0.2, -0.15) is 4.98 Å². The van der Waals surface area contributed by atoms with Crippen molar-refractivity contribution in [2.24, 2.45) is 0 Å². The summed E-state index contributed by atoms with van der Waals surface area (Å²) in [5.74, 6) is 0.463. The van der Waals surface area contributed by atoms with Crippen molar-refractivity contribution in [1.82, 2.24) is 14.6 Å². The van der Waals surface area contributed by atoms with Crippen molar-refractivity contribution in [2.75, 3.05) is 25.1 Å². The number of aromatic nitrogens is 3. The maximum absolute atomic E-state index is 11.8. The molecule has 0 aromatic carbocycles. The first-order valence-electron chi connectivity index (χ1n) is 5.59. The third kappa shape index (κ3) is 3.13. The fourth-order valence-electron chi connectivity index (χ4n) is 1.52. The minimum Gasteiger partial charge on any atom is -0.374 e. The van der Waals surface area contributed by atoms with E-state index in [4.69, 9.17) is 4.74 Å². The molecule has 0 aliphatic rings. The fraction of sp³-hybridized carbons (Fsp3) is 0.455. The highest BCUT2D eigenvalue weighted by Crippen LogP contribution is 2.07. The van der Waals surface area contributed by atoms with Gasteiger partial charge >= 0.3 is 0 Å². The Bertz CT molecular complexity index is 515. The highest BCUT2D eigenvalue weighted by molar-refractivity contribution is 5.44. The van der Waals surface area contributed by atoms with Crippen LogP contribution in [0.2, 0.25) is 0 Å². The molecule has 0 bridgehead atoms. The zero-order chi connectivity index (χ0) is 13.0. The van der Waals surface area contributed by atoms with Gasteiger partial charge in [0, 0.05) is 12.2 Å². The van der Waals surface area contributed by atoms with Gasteiger partial charge in [-0.15, -0.1) is 5.10 Å². The molecule has 1 N–H and O–H groups in total. The number of halogens is 2. The Balaban J connectivity index is 1.87. The van der Waals surface area contributed by atoms with Gasteiger partial charge in [-0.05, 0) is 19.1 Å². The molecule has 5 nitrogen and oxygen atoms in total. The summed E-state index contributed by atoms with van der Waals surface area (Å²) in [6.07, 6.45) is -2.43. The minimum absolute atomic E-state index is 0.193. The number of alkyl halides is 2. The van der Waals surface area contributed by atoms with E-state index in [1.807, 2.05) is 25.1 Å². The quantitative estimate of drug-likeness (QED) is 0.800. The summed E-state index contributed by atoms with van der Waals surface area (Å²) >= 11 is 0. The molecule has 0 spiro atoms. The lowest BCUT2D eigenvalue weighted by molar-refractivity contribution is 0.0214. The number of nitrogens with zero attached hydrogens (tertiary/aromatic N) is 3. The zero-order valence-corrected chi connectivity index (χ0v) is 9.94. The average molecular weight is 256 g/mol. The molecule has 98 valence electrons. The van der Waals surface area contributed by atoms with Crippen molar-refractivity contribution in [3.05, 3.63) is 23.9 Å². The molecule has 0 radical (unpaired) electrons. The zero-order valence-electron chi connectivity index (χ0n) is 9.94. The second-order valence-corrected chi connectivity index (χ2v) is 3.77. The van der Waals surface area contributed by atoms with Gasteiger partial charge in [-0.1, -0.05) is 6.07 Å². The largest absolute Gasteiger partial charge is 0.374 e. The SMILES string of the molecule is Cc1cccc2nc(NCCOCC(F)F)nn12. The van der Waals surface area contributed by atoms with Crippen LogP contribution in [0.25, 0.3) is 5.65 Å². The molecule has 0 unspecified atom stereocenters. The number of hydrogen-bond acceptors (Lipinski definition) is 4. The van der Waals surface area contributed by atoms with Gasteiger partial charge in [0.1, 0.15) is 6.61 Å². The topological polar surface area (TPSA) is 51.5 Å². The van der Waals surface area contributed by atoms with E-state index in [2.05, 4.69) is 15.4 Å². The Morgan fingerprint density at radius 1 is 1.44 bits per heavy atom. The highest BCUT2D eigenvalue weighted by atomic mass is 19.3. The molecule has 0 aliphatic heterocycles. The molecule has 18 heavy (non-hydrogen) atoms. The number of ether oxygens (including phenoxy) is 1. The predicted octanol–water partition coefficient (Wildman–Crippen LogP) is 1.73. The van der Waals surface area contributed by atoms with Gasteiger partial charge < -0.3 is 10.1 Å². The first kappa shape index (κ1) is 12.7. The Morgan fingerprint density at radius 3 is 3.00 bits per heavy atom. The molecule has 2 aromatic heterocycles. The monoisotopic (exact) mass is 256 g/mol. The third-order valence-electron chi connectivity index (χ3n) is 2.32. The van der Waals surface area contributed by atoms with Crippen LogP contribution in [0.4, 0.5) is 14.7 Å². The predicted molar refractivity (Wildman–Crippen MR) is 63.0 cm³/mol. The molecule has 0 atom stereocenters. The Morgan fingerprint density at radius 2 is 2.28 bits per heavy atom. The molecule has 0 amide bonds.